The van der Waals surface area contributed by atoms with Crippen LogP contribution in [0.5, 0.6) is 0 Å². The first-order valence-corrected chi connectivity index (χ1v) is 7.14. The van der Waals surface area contributed by atoms with E-state index >= 15 is 0 Å². The molecule has 0 amide bonds. The highest BCUT2D eigenvalue weighted by Gasteiger charge is 2.30. The quantitative estimate of drug-likeness (QED) is 0.787. The Kier molecular flexibility index (Phi) is 3.90. The van der Waals surface area contributed by atoms with Gasteiger partial charge in [-0.2, -0.15) is 0 Å². The van der Waals surface area contributed by atoms with Crippen LogP contribution in [-0.4, -0.2) is 31.2 Å². The van der Waals surface area contributed by atoms with Gasteiger partial charge in [-0.05, 0) is 11.8 Å². The highest BCUT2D eigenvalue weighted by molar-refractivity contribution is 7.13. The predicted molar refractivity (Wildman–Crippen MR) is 73.1 cm³/mol. The lowest BCUT2D eigenvalue weighted by Gasteiger charge is -2.18. The molecule has 0 aliphatic carbocycles. The van der Waals surface area contributed by atoms with Crippen LogP contribution in [0.1, 0.15) is 32.4 Å². The van der Waals surface area contributed by atoms with Crippen molar-refractivity contribution in [2.24, 2.45) is 5.41 Å². The van der Waals surface area contributed by atoms with E-state index in [9.17, 15) is 4.79 Å². The highest BCUT2D eigenvalue weighted by atomic mass is 32.1. The van der Waals surface area contributed by atoms with Crippen molar-refractivity contribution in [3.8, 4) is 0 Å². The van der Waals surface area contributed by atoms with E-state index in [0.717, 1.165) is 23.9 Å². The van der Waals surface area contributed by atoms with Gasteiger partial charge in [0.25, 0.3) is 0 Å². The van der Waals surface area contributed by atoms with Crippen LogP contribution in [-0.2, 0) is 16.0 Å². The van der Waals surface area contributed by atoms with Crippen molar-refractivity contribution in [2.75, 3.05) is 25.1 Å². The lowest BCUT2D eigenvalue weighted by atomic mass is 9.93. The molecule has 0 unspecified atom stereocenters. The fraction of sp³-hybridized carbons (Fsp3) is 0.692. The molecular formula is C13H20N2O2S. The van der Waals surface area contributed by atoms with Gasteiger partial charge in [-0.3, -0.25) is 4.79 Å². The molecule has 1 aliphatic heterocycles. The Morgan fingerprint density at radius 3 is 3.00 bits per heavy atom. The molecule has 0 radical (unpaired) electrons. The molecule has 0 bridgehead atoms. The number of aryl methyl sites for hydroxylation is 1. The smallest absolute Gasteiger partial charge is 0.305 e. The number of thiazole rings is 1. The van der Waals surface area contributed by atoms with E-state index in [2.05, 4.69) is 28.5 Å². The lowest BCUT2D eigenvalue weighted by molar-refractivity contribution is -0.140. The van der Waals surface area contributed by atoms with Gasteiger partial charge in [-0.15, -0.1) is 11.3 Å². The number of ether oxygens (including phenoxy) is 1. The lowest BCUT2D eigenvalue weighted by Crippen LogP contribution is -2.22. The van der Waals surface area contributed by atoms with Crippen molar-refractivity contribution >= 4 is 22.4 Å². The molecule has 18 heavy (non-hydrogen) atoms. The summed E-state index contributed by atoms with van der Waals surface area (Å²) < 4.78 is 4.63. The van der Waals surface area contributed by atoms with E-state index < -0.39 is 0 Å². The Hall–Kier alpha value is -1.10. The van der Waals surface area contributed by atoms with Crippen LogP contribution in [0.15, 0.2) is 5.38 Å². The van der Waals surface area contributed by atoms with Gasteiger partial charge in [-0.1, -0.05) is 13.8 Å². The highest BCUT2D eigenvalue weighted by Crippen LogP contribution is 2.33. The van der Waals surface area contributed by atoms with Gasteiger partial charge in [0, 0.05) is 24.9 Å². The zero-order valence-corrected chi connectivity index (χ0v) is 12.0. The molecule has 0 N–H and O–H groups in total. The number of methoxy groups -OCH3 is 1. The molecule has 1 fully saturated rings. The van der Waals surface area contributed by atoms with Crippen LogP contribution in [0, 0.1) is 5.41 Å². The topological polar surface area (TPSA) is 42.4 Å². The van der Waals surface area contributed by atoms with Gasteiger partial charge in [-0.25, -0.2) is 4.98 Å². The molecule has 5 heteroatoms. The molecule has 100 valence electrons. The Labute approximate surface area is 112 Å². The first-order chi connectivity index (χ1) is 8.50. The van der Waals surface area contributed by atoms with Crippen LogP contribution in [0.3, 0.4) is 0 Å². The number of aromatic nitrogens is 1. The van der Waals surface area contributed by atoms with Gasteiger partial charge in [0.05, 0.1) is 19.2 Å². The Morgan fingerprint density at radius 2 is 2.39 bits per heavy atom. The van der Waals surface area contributed by atoms with Crippen molar-refractivity contribution < 1.29 is 9.53 Å². The van der Waals surface area contributed by atoms with Crippen molar-refractivity contribution in [3.05, 3.63) is 11.1 Å². The van der Waals surface area contributed by atoms with Gasteiger partial charge in [0.2, 0.25) is 0 Å². The zero-order valence-electron chi connectivity index (χ0n) is 11.2. The molecule has 1 saturated heterocycles. The predicted octanol–water partition coefficient (Wildman–Crippen LogP) is 2.49. The molecule has 1 aromatic rings. The average Bonchev–Trinajstić information content (AvgIpc) is 2.92. The Bertz CT molecular complexity index is 428. The Morgan fingerprint density at radius 1 is 1.61 bits per heavy atom. The van der Waals surface area contributed by atoms with Crippen LogP contribution in [0.4, 0.5) is 5.13 Å². The summed E-state index contributed by atoms with van der Waals surface area (Å²) in [5.74, 6) is -0.174. The zero-order chi connectivity index (χ0) is 13.2. The van der Waals surface area contributed by atoms with Crippen LogP contribution in [0.25, 0.3) is 0 Å². The van der Waals surface area contributed by atoms with Crippen LogP contribution in [0.2, 0.25) is 0 Å². The maximum atomic E-state index is 11.1. The van der Waals surface area contributed by atoms with E-state index in [4.69, 9.17) is 0 Å². The summed E-state index contributed by atoms with van der Waals surface area (Å²) in [6.07, 6.45) is 2.29. The summed E-state index contributed by atoms with van der Waals surface area (Å²) in [5, 5.41) is 3.13. The fourth-order valence-electron chi connectivity index (χ4n) is 2.16. The molecule has 0 saturated carbocycles. The second kappa shape index (κ2) is 5.26. The third kappa shape index (κ3) is 3.22. The molecule has 4 nitrogen and oxygen atoms in total. The largest absolute Gasteiger partial charge is 0.469 e. The fourth-order valence-corrected chi connectivity index (χ4v) is 3.05. The minimum atomic E-state index is -0.174. The van der Waals surface area contributed by atoms with E-state index in [1.165, 1.54) is 13.5 Å². The van der Waals surface area contributed by atoms with Gasteiger partial charge < -0.3 is 9.64 Å². The van der Waals surface area contributed by atoms with Crippen LogP contribution >= 0.6 is 11.3 Å². The third-order valence-electron chi connectivity index (χ3n) is 3.30. The molecular weight excluding hydrogens is 248 g/mol. The summed E-state index contributed by atoms with van der Waals surface area (Å²) >= 11 is 1.67. The maximum Gasteiger partial charge on any atom is 0.305 e. The Balaban J connectivity index is 1.92. The monoisotopic (exact) mass is 268 g/mol. The standard InChI is InChI=1S/C13H20N2O2S/c1-13(2)6-7-15(9-13)12-14-10(8-18-12)4-5-11(16)17-3/h8H,4-7,9H2,1-3H3. The van der Waals surface area contributed by atoms with E-state index in [1.807, 2.05) is 5.38 Å². The number of hydrogen-bond acceptors (Lipinski definition) is 5. The molecule has 1 aromatic heterocycles. The summed E-state index contributed by atoms with van der Waals surface area (Å²) in [4.78, 5) is 18.0. The minimum absolute atomic E-state index is 0.174. The second-order valence-corrected chi connectivity index (χ2v) is 6.37. The SMILES string of the molecule is COC(=O)CCc1csc(N2CCC(C)(C)C2)n1. The molecule has 1 aliphatic rings. The summed E-state index contributed by atoms with van der Waals surface area (Å²) in [6, 6.07) is 0. The minimum Gasteiger partial charge on any atom is -0.469 e. The molecule has 0 atom stereocenters. The molecule has 2 rings (SSSR count). The van der Waals surface area contributed by atoms with E-state index in [1.54, 1.807) is 11.3 Å². The number of anilines is 1. The van der Waals surface area contributed by atoms with Gasteiger partial charge >= 0.3 is 5.97 Å². The average molecular weight is 268 g/mol. The number of carbonyl (C=O) groups excluding carboxylic acids is 1. The first kappa shape index (κ1) is 13.3. The second-order valence-electron chi connectivity index (χ2n) is 5.53. The maximum absolute atomic E-state index is 11.1. The number of nitrogens with zero attached hydrogens (tertiary/aromatic N) is 2. The molecule has 0 spiro atoms. The van der Waals surface area contributed by atoms with Crippen molar-refractivity contribution in [3.63, 3.8) is 0 Å². The van der Waals surface area contributed by atoms with Crippen LogP contribution < -0.4 is 4.90 Å². The molecule has 2 heterocycles. The number of carbonyl (C=O) groups is 1. The molecule has 0 aromatic carbocycles. The number of hydrogen-bond donors (Lipinski definition) is 0. The normalized spacial score (nSPS) is 18.1. The van der Waals surface area contributed by atoms with E-state index in [-0.39, 0.29) is 5.97 Å². The number of esters is 1. The summed E-state index contributed by atoms with van der Waals surface area (Å²) in [7, 11) is 1.42. The van der Waals surface area contributed by atoms with Gasteiger partial charge in [0.15, 0.2) is 5.13 Å². The summed E-state index contributed by atoms with van der Waals surface area (Å²) in [5.41, 5.74) is 1.38. The van der Waals surface area contributed by atoms with Crippen molar-refractivity contribution in [1.82, 2.24) is 4.98 Å². The number of rotatable bonds is 4. The summed E-state index contributed by atoms with van der Waals surface area (Å²) in [6.45, 7) is 6.73. The third-order valence-corrected chi connectivity index (χ3v) is 4.25. The van der Waals surface area contributed by atoms with Gasteiger partial charge in [0.1, 0.15) is 0 Å². The first-order valence-electron chi connectivity index (χ1n) is 6.26. The van der Waals surface area contributed by atoms with Crippen molar-refractivity contribution in [1.29, 1.82) is 0 Å². The van der Waals surface area contributed by atoms with E-state index in [0.29, 0.717) is 18.3 Å². The van der Waals surface area contributed by atoms with Crippen molar-refractivity contribution in [2.45, 2.75) is 33.1 Å².